The summed E-state index contributed by atoms with van der Waals surface area (Å²) < 4.78 is 42.4. The Morgan fingerprint density at radius 3 is 2.16 bits per heavy atom. The average molecular weight is 939 g/mol. The van der Waals surface area contributed by atoms with Crippen LogP contribution in [0.1, 0.15) is 134 Å². The fraction of sp³-hybridized carbons (Fsp3) is 0.448. The van der Waals surface area contributed by atoms with Crippen molar-refractivity contribution in [1.29, 1.82) is 0 Å². The molecule has 5 aromatic carbocycles. The van der Waals surface area contributed by atoms with E-state index in [9.17, 15) is 9.59 Å². The van der Waals surface area contributed by atoms with Crippen molar-refractivity contribution in [1.82, 2.24) is 0 Å². The van der Waals surface area contributed by atoms with Crippen molar-refractivity contribution in [3.05, 3.63) is 119 Å². The predicted molar refractivity (Wildman–Crippen MR) is 269 cm³/mol. The van der Waals surface area contributed by atoms with Gasteiger partial charge in [0.2, 0.25) is 0 Å². The lowest BCUT2D eigenvalue weighted by molar-refractivity contribution is -0.155. The molecule has 1 spiro atoms. The first-order valence-corrected chi connectivity index (χ1v) is 25.5. The first-order chi connectivity index (χ1) is 32.9. The highest BCUT2D eigenvalue weighted by atomic mass is 32.2. The van der Waals surface area contributed by atoms with Gasteiger partial charge in [-0.25, -0.2) is 0 Å². The first kappa shape index (κ1) is 47.6. The zero-order valence-corrected chi connectivity index (χ0v) is 41.6. The molecule has 0 aromatic heterocycles. The third-order valence-electron chi connectivity index (χ3n) is 15.0. The molecule has 2 atom stereocenters. The van der Waals surface area contributed by atoms with E-state index in [1.165, 1.54) is 47.9 Å². The third-order valence-corrected chi connectivity index (χ3v) is 16.1. The van der Waals surface area contributed by atoms with Crippen molar-refractivity contribution in [3.63, 3.8) is 0 Å². The van der Waals surface area contributed by atoms with Gasteiger partial charge < -0.3 is 33.2 Å². The molecule has 10 heteroatoms. The number of hydrogen-bond donors (Lipinski definition) is 0. The van der Waals surface area contributed by atoms with Crippen LogP contribution in [0.2, 0.25) is 0 Å². The zero-order chi connectivity index (χ0) is 47.7. The van der Waals surface area contributed by atoms with Crippen LogP contribution in [-0.4, -0.2) is 56.5 Å². The van der Waals surface area contributed by atoms with Gasteiger partial charge in [-0.2, -0.15) is 0 Å². The SMILES string of the molecule is CCCCOCC(C)OC(=O)CCC(=O)OCCOc1ccc(C2(c3ccc(OC)cc3)C=Cc3c4c(c5cc6c(cc5c3O2)SC(C)(C)O6)-c2ccccc2C42CCC(CC)(CC)CC2)cc1. The Balaban J connectivity index is 1.02. The number of benzene rings is 5. The molecule has 68 heavy (non-hydrogen) atoms. The van der Waals surface area contributed by atoms with Crippen LogP contribution in [0, 0.1) is 5.41 Å². The monoisotopic (exact) mass is 938 g/mol. The molecule has 2 aliphatic heterocycles. The summed E-state index contributed by atoms with van der Waals surface area (Å²) in [4.78, 5) is 25.5. The van der Waals surface area contributed by atoms with Crippen LogP contribution in [0.25, 0.3) is 28.0 Å². The number of rotatable bonds is 18. The number of fused-ring (bicyclic) bond motifs is 11. The Labute approximate surface area is 406 Å². The van der Waals surface area contributed by atoms with Crippen LogP contribution in [0.15, 0.2) is 95.9 Å². The molecule has 1 saturated carbocycles. The van der Waals surface area contributed by atoms with Gasteiger partial charge in [-0.3, -0.25) is 9.59 Å². The number of carbonyl (C=O) groups is 2. The van der Waals surface area contributed by atoms with Crippen LogP contribution in [0.5, 0.6) is 23.0 Å². The van der Waals surface area contributed by atoms with Crippen molar-refractivity contribution < 1.29 is 42.7 Å². The van der Waals surface area contributed by atoms with Gasteiger partial charge in [0.25, 0.3) is 0 Å². The molecule has 0 bridgehead atoms. The van der Waals surface area contributed by atoms with E-state index in [-0.39, 0.29) is 37.6 Å². The van der Waals surface area contributed by atoms with Gasteiger partial charge in [0.15, 0.2) is 10.5 Å². The number of methoxy groups -OCH3 is 1. The number of unbranched alkanes of at least 4 members (excludes halogenated alkanes) is 1. The summed E-state index contributed by atoms with van der Waals surface area (Å²) in [6.45, 7) is 14.0. The van der Waals surface area contributed by atoms with Gasteiger partial charge in [0.1, 0.15) is 42.3 Å². The second-order valence-electron chi connectivity index (χ2n) is 19.5. The van der Waals surface area contributed by atoms with Gasteiger partial charge in [-0.1, -0.05) is 106 Å². The second-order valence-corrected chi connectivity index (χ2v) is 21.1. The molecule has 1 fully saturated rings. The van der Waals surface area contributed by atoms with Crippen LogP contribution in [-0.2, 0) is 34.8 Å². The standard InChI is InChI=1S/C58H66O9S/c1-8-11-32-62-37-38(4)65-51(60)25-24-50(59)64-34-33-63-42-22-18-40(19-23-42)58(39-16-20-41(61-7)21-17-39)27-26-44-53-52(45-35-48-49(68-55(5,6)66-48)36-46(45)54(44)67-58)43-14-12-13-15-47(43)57(53)30-28-56(9-2,10-3)29-31-57/h12-23,26-27,35-36,38H,8-11,24-25,28-34,37H2,1-7H3. The summed E-state index contributed by atoms with van der Waals surface area (Å²) in [5.74, 6) is 2.24. The Morgan fingerprint density at radius 1 is 0.779 bits per heavy atom. The van der Waals surface area contributed by atoms with E-state index < -0.39 is 22.5 Å². The van der Waals surface area contributed by atoms with Crippen LogP contribution in [0.4, 0.5) is 0 Å². The lowest BCUT2D eigenvalue weighted by atomic mass is 9.58. The molecule has 2 unspecified atom stereocenters. The topological polar surface area (TPSA) is 98.8 Å². The molecule has 0 amide bonds. The number of esters is 2. The zero-order valence-electron chi connectivity index (χ0n) is 40.8. The summed E-state index contributed by atoms with van der Waals surface area (Å²) in [5.41, 5.74) is 7.68. The fourth-order valence-corrected chi connectivity index (χ4v) is 12.1. The third kappa shape index (κ3) is 8.99. The maximum atomic E-state index is 12.5. The van der Waals surface area contributed by atoms with E-state index in [2.05, 4.69) is 107 Å². The summed E-state index contributed by atoms with van der Waals surface area (Å²) >= 11 is 1.75. The van der Waals surface area contributed by atoms with Gasteiger partial charge in [0, 0.05) is 34.1 Å². The Kier molecular flexibility index (Phi) is 13.7. The van der Waals surface area contributed by atoms with Crippen LogP contribution in [0.3, 0.4) is 0 Å². The number of carbonyl (C=O) groups excluding carboxylic acids is 2. The summed E-state index contributed by atoms with van der Waals surface area (Å²) in [5, 5.41) is 2.23. The maximum Gasteiger partial charge on any atom is 0.306 e. The van der Waals surface area contributed by atoms with Gasteiger partial charge in [-0.15, -0.1) is 0 Å². The maximum absolute atomic E-state index is 12.5. The molecule has 4 aliphatic rings. The smallest absolute Gasteiger partial charge is 0.306 e. The van der Waals surface area contributed by atoms with E-state index in [1.54, 1.807) is 25.8 Å². The quantitative estimate of drug-likeness (QED) is 0.0624. The van der Waals surface area contributed by atoms with Crippen LogP contribution >= 0.6 is 11.8 Å². The highest BCUT2D eigenvalue weighted by Gasteiger charge is 2.52. The Bertz CT molecular complexity index is 2670. The highest BCUT2D eigenvalue weighted by molar-refractivity contribution is 8.00. The Hall–Kier alpha value is -5.45. The minimum atomic E-state index is -1.01. The van der Waals surface area contributed by atoms with Crippen molar-refractivity contribution in [2.45, 2.75) is 133 Å². The number of thioether (sulfide) groups is 1. The normalized spacial score (nSPS) is 19.2. The second kappa shape index (κ2) is 19.5. The molecule has 0 radical (unpaired) electrons. The molecule has 0 N–H and O–H groups in total. The Morgan fingerprint density at radius 2 is 1.47 bits per heavy atom. The van der Waals surface area contributed by atoms with Crippen LogP contribution < -0.4 is 18.9 Å². The van der Waals surface area contributed by atoms with Gasteiger partial charge in [0.05, 0.1) is 31.5 Å². The largest absolute Gasteiger partial charge is 0.497 e. The van der Waals surface area contributed by atoms with Crippen molar-refractivity contribution in [3.8, 4) is 34.1 Å². The predicted octanol–water partition coefficient (Wildman–Crippen LogP) is 13.5. The van der Waals surface area contributed by atoms with Crippen molar-refractivity contribution in [2.24, 2.45) is 5.41 Å². The number of ether oxygens (including phenoxy) is 7. The highest BCUT2D eigenvalue weighted by Crippen LogP contribution is 2.65. The molecule has 9 nitrogen and oxygen atoms in total. The molecular weight excluding hydrogens is 873 g/mol. The molecular formula is C58H66O9S. The van der Waals surface area contributed by atoms with E-state index in [0.717, 1.165) is 75.3 Å². The van der Waals surface area contributed by atoms with E-state index in [0.29, 0.717) is 24.4 Å². The molecule has 5 aromatic rings. The lowest BCUT2D eigenvalue weighted by Gasteiger charge is -2.47. The van der Waals surface area contributed by atoms with Gasteiger partial charge >= 0.3 is 11.9 Å². The lowest BCUT2D eigenvalue weighted by Crippen LogP contribution is -2.38. The molecule has 0 saturated heterocycles. The van der Waals surface area contributed by atoms with E-state index in [1.807, 2.05) is 24.3 Å². The average Bonchev–Trinajstić information content (AvgIpc) is 3.82. The van der Waals surface area contributed by atoms with Crippen molar-refractivity contribution in [2.75, 3.05) is 33.5 Å². The minimum absolute atomic E-state index is 0.0422. The first-order valence-electron chi connectivity index (χ1n) is 24.7. The summed E-state index contributed by atoms with van der Waals surface area (Å²) in [6.07, 6.45) is 13.0. The van der Waals surface area contributed by atoms with Gasteiger partial charge in [-0.05, 0) is 128 Å². The molecule has 358 valence electrons. The number of hydrogen-bond acceptors (Lipinski definition) is 10. The fourth-order valence-electron chi connectivity index (χ4n) is 11.1. The minimum Gasteiger partial charge on any atom is -0.497 e. The molecule has 2 aliphatic carbocycles. The van der Waals surface area contributed by atoms with E-state index in [4.69, 9.17) is 33.2 Å². The molecule has 2 heterocycles. The molecule has 9 rings (SSSR count). The van der Waals surface area contributed by atoms with E-state index >= 15 is 0 Å². The summed E-state index contributed by atoms with van der Waals surface area (Å²) in [6, 6.07) is 29.8. The summed E-state index contributed by atoms with van der Waals surface area (Å²) in [7, 11) is 1.68. The van der Waals surface area contributed by atoms with Crippen molar-refractivity contribution >= 4 is 40.5 Å².